The van der Waals surface area contributed by atoms with E-state index in [0.29, 0.717) is 6.42 Å². The van der Waals surface area contributed by atoms with Gasteiger partial charge in [0.25, 0.3) is 0 Å². The molecule has 3 aromatic rings. The van der Waals surface area contributed by atoms with Gasteiger partial charge in [0.05, 0.1) is 27.2 Å². The molecule has 0 bridgehead atoms. The Hall–Kier alpha value is -3.86. The molecule has 0 N–H and O–H groups in total. The first-order chi connectivity index (χ1) is 17.1. The quantitative estimate of drug-likeness (QED) is 0.396. The molecule has 5 heteroatoms. The van der Waals surface area contributed by atoms with Gasteiger partial charge in [-0.25, -0.2) is 0 Å². The van der Waals surface area contributed by atoms with E-state index in [1.165, 1.54) is 0 Å². The van der Waals surface area contributed by atoms with E-state index in [2.05, 4.69) is 0 Å². The Morgan fingerprint density at radius 1 is 0.714 bits per heavy atom. The summed E-state index contributed by atoms with van der Waals surface area (Å²) in [4.78, 5) is 26.2. The van der Waals surface area contributed by atoms with E-state index < -0.39 is 5.92 Å². The minimum atomic E-state index is -0.421. The normalized spacial score (nSPS) is 22.1. The Balaban J connectivity index is 1.72. The van der Waals surface area contributed by atoms with Crippen LogP contribution in [0.5, 0.6) is 17.2 Å². The van der Waals surface area contributed by atoms with Gasteiger partial charge in [0.15, 0.2) is 0 Å². The van der Waals surface area contributed by atoms with Crippen molar-refractivity contribution in [1.82, 2.24) is 0 Å². The number of allylic oxidation sites excluding steroid dienone is 1. The number of ether oxygens (including phenoxy) is 3. The van der Waals surface area contributed by atoms with Crippen LogP contribution in [-0.2, 0) is 9.59 Å². The van der Waals surface area contributed by atoms with Gasteiger partial charge in [-0.15, -0.1) is 0 Å². The number of carbonyl (C=O) groups excluding carboxylic acids is 2. The highest BCUT2D eigenvalue weighted by Crippen LogP contribution is 2.48. The van der Waals surface area contributed by atoms with E-state index in [9.17, 15) is 9.59 Å². The van der Waals surface area contributed by atoms with Gasteiger partial charge in [-0.3, -0.25) is 4.79 Å². The molecule has 1 aliphatic rings. The number of hydrogen-bond donors (Lipinski definition) is 0. The summed E-state index contributed by atoms with van der Waals surface area (Å²) in [6, 6.07) is 22.9. The Bertz CT molecular complexity index is 1160. The Morgan fingerprint density at radius 2 is 1.20 bits per heavy atom. The highest BCUT2D eigenvalue weighted by atomic mass is 16.5. The second kappa shape index (κ2) is 11.0. The third kappa shape index (κ3) is 5.29. The number of benzene rings is 3. The summed E-state index contributed by atoms with van der Waals surface area (Å²) in [5.74, 6) is 1.09. The summed E-state index contributed by atoms with van der Waals surface area (Å²) in [6.45, 7) is 0. The van der Waals surface area contributed by atoms with Crippen LogP contribution in [0.2, 0.25) is 0 Å². The summed E-state index contributed by atoms with van der Waals surface area (Å²) in [5, 5.41) is 0. The fourth-order valence-corrected chi connectivity index (χ4v) is 4.96. The highest BCUT2D eigenvalue weighted by molar-refractivity contribution is 5.90. The van der Waals surface area contributed by atoms with Gasteiger partial charge in [-0.2, -0.15) is 0 Å². The third-order valence-corrected chi connectivity index (χ3v) is 6.84. The minimum Gasteiger partial charge on any atom is -0.497 e. The molecular formula is C30H30O5. The van der Waals surface area contributed by atoms with Gasteiger partial charge in [0.2, 0.25) is 0 Å². The first-order valence-corrected chi connectivity index (χ1v) is 11.7. The molecule has 0 saturated heterocycles. The molecule has 0 heterocycles. The molecule has 1 saturated carbocycles. The lowest BCUT2D eigenvalue weighted by Crippen LogP contribution is -2.38. The van der Waals surface area contributed by atoms with Crippen LogP contribution in [0.1, 0.15) is 34.9 Å². The van der Waals surface area contributed by atoms with Crippen LogP contribution in [0.4, 0.5) is 0 Å². The number of Topliss-reactive ketones (excluding diaryl/α,β-unsaturated/α-hetero) is 1. The summed E-state index contributed by atoms with van der Waals surface area (Å²) < 4.78 is 15.8. The van der Waals surface area contributed by atoms with Crippen LogP contribution in [0, 0.1) is 11.8 Å². The van der Waals surface area contributed by atoms with Crippen LogP contribution in [0.15, 0.2) is 78.9 Å². The largest absolute Gasteiger partial charge is 0.497 e. The summed E-state index contributed by atoms with van der Waals surface area (Å²) in [6.07, 6.45) is 5.30. The molecule has 35 heavy (non-hydrogen) atoms. The molecule has 3 aromatic carbocycles. The van der Waals surface area contributed by atoms with Gasteiger partial charge < -0.3 is 19.0 Å². The summed E-state index contributed by atoms with van der Waals surface area (Å²) >= 11 is 0. The molecule has 0 radical (unpaired) electrons. The van der Waals surface area contributed by atoms with Crippen molar-refractivity contribution < 1.29 is 23.8 Å². The molecule has 4 rings (SSSR count). The molecule has 0 aliphatic heterocycles. The van der Waals surface area contributed by atoms with Crippen molar-refractivity contribution in [3.8, 4) is 17.2 Å². The lowest BCUT2D eigenvalue weighted by atomic mass is 9.62. The number of hydrogen-bond acceptors (Lipinski definition) is 5. The fraction of sp³-hybridized carbons (Fsp3) is 0.267. The standard InChI is InChI=1S/C30H30O5/c1-33-24-12-5-20(6-13-24)4-7-23-18-28(32)30(22-10-16-26(35-3)17-11-22)29(27(23)19-31)21-8-14-25(34-2)15-9-21/h4-17,19,23,27,29-30H,18H2,1-3H3/b7-4+/t23-,27+,29-,30-/m1/s1. The lowest BCUT2D eigenvalue weighted by Gasteiger charge is -2.39. The highest BCUT2D eigenvalue weighted by Gasteiger charge is 2.44. The van der Waals surface area contributed by atoms with E-state index in [0.717, 1.165) is 40.2 Å². The molecule has 1 fully saturated rings. The van der Waals surface area contributed by atoms with Crippen LogP contribution in [-0.4, -0.2) is 33.4 Å². The van der Waals surface area contributed by atoms with E-state index >= 15 is 0 Å². The van der Waals surface area contributed by atoms with Crippen molar-refractivity contribution in [2.45, 2.75) is 18.3 Å². The van der Waals surface area contributed by atoms with Crippen molar-refractivity contribution in [2.24, 2.45) is 11.8 Å². The number of carbonyl (C=O) groups is 2. The van der Waals surface area contributed by atoms with Gasteiger partial charge >= 0.3 is 0 Å². The van der Waals surface area contributed by atoms with E-state index in [4.69, 9.17) is 14.2 Å². The van der Waals surface area contributed by atoms with Gasteiger partial charge in [0, 0.05) is 18.3 Å². The number of rotatable bonds is 8. The average Bonchev–Trinajstić information content (AvgIpc) is 2.92. The SMILES string of the molecule is COc1ccc(/C=C/[C@@H]2CC(=O)[C@@H](c3ccc(OC)cc3)[C@H](c3ccc(OC)cc3)[C@H]2C=O)cc1. The molecule has 5 nitrogen and oxygen atoms in total. The maximum atomic E-state index is 13.6. The Labute approximate surface area is 206 Å². The second-order valence-electron chi connectivity index (χ2n) is 8.73. The number of aldehydes is 1. The molecular weight excluding hydrogens is 440 g/mol. The number of methoxy groups -OCH3 is 3. The molecule has 4 atom stereocenters. The fourth-order valence-electron chi connectivity index (χ4n) is 4.96. The zero-order chi connectivity index (χ0) is 24.8. The van der Waals surface area contributed by atoms with Crippen molar-refractivity contribution in [2.75, 3.05) is 21.3 Å². The first-order valence-electron chi connectivity index (χ1n) is 11.7. The topological polar surface area (TPSA) is 61.8 Å². The monoisotopic (exact) mass is 470 g/mol. The van der Waals surface area contributed by atoms with Crippen molar-refractivity contribution in [3.63, 3.8) is 0 Å². The molecule has 0 amide bonds. The van der Waals surface area contributed by atoms with Crippen molar-refractivity contribution >= 4 is 18.1 Å². The first kappa shape index (κ1) is 24.3. The zero-order valence-electron chi connectivity index (χ0n) is 20.2. The number of ketones is 1. The molecule has 0 aromatic heterocycles. The second-order valence-corrected chi connectivity index (χ2v) is 8.73. The predicted octanol–water partition coefficient (Wildman–Crippen LogP) is 5.70. The average molecular weight is 471 g/mol. The van der Waals surface area contributed by atoms with Crippen LogP contribution in [0.25, 0.3) is 6.08 Å². The summed E-state index contributed by atoms with van der Waals surface area (Å²) in [7, 11) is 4.86. The Kier molecular flexibility index (Phi) is 7.66. The van der Waals surface area contributed by atoms with Crippen molar-refractivity contribution in [3.05, 3.63) is 95.6 Å². The third-order valence-electron chi connectivity index (χ3n) is 6.84. The maximum Gasteiger partial charge on any atom is 0.141 e. The van der Waals surface area contributed by atoms with Crippen molar-refractivity contribution in [1.29, 1.82) is 0 Å². The van der Waals surface area contributed by atoms with Gasteiger partial charge in [-0.1, -0.05) is 48.6 Å². The smallest absolute Gasteiger partial charge is 0.141 e. The summed E-state index contributed by atoms with van der Waals surface area (Å²) in [5.41, 5.74) is 2.82. The van der Waals surface area contributed by atoms with E-state index in [1.54, 1.807) is 21.3 Å². The van der Waals surface area contributed by atoms with E-state index in [-0.39, 0.29) is 23.5 Å². The van der Waals surface area contributed by atoms with Crippen LogP contribution >= 0.6 is 0 Å². The molecule has 180 valence electrons. The van der Waals surface area contributed by atoms with Gasteiger partial charge in [0.1, 0.15) is 29.3 Å². The molecule has 0 unspecified atom stereocenters. The Morgan fingerprint density at radius 3 is 1.69 bits per heavy atom. The van der Waals surface area contributed by atoms with E-state index in [1.807, 2.05) is 84.9 Å². The minimum absolute atomic E-state index is 0.124. The predicted molar refractivity (Wildman–Crippen MR) is 136 cm³/mol. The van der Waals surface area contributed by atoms with Gasteiger partial charge in [-0.05, 0) is 59.0 Å². The lowest BCUT2D eigenvalue weighted by molar-refractivity contribution is -0.126. The van der Waals surface area contributed by atoms with Crippen LogP contribution in [0.3, 0.4) is 0 Å². The zero-order valence-corrected chi connectivity index (χ0v) is 20.2. The van der Waals surface area contributed by atoms with Crippen LogP contribution < -0.4 is 14.2 Å². The molecule has 0 spiro atoms. The maximum absolute atomic E-state index is 13.6. The molecule has 1 aliphatic carbocycles.